The van der Waals surface area contributed by atoms with E-state index in [2.05, 4.69) is 23.7 Å². The fraction of sp³-hybridized carbons (Fsp3) is 0.394. The lowest BCUT2D eigenvalue weighted by Gasteiger charge is -2.27. The minimum atomic E-state index is -3.95. The number of ether oxygens (including phenoxy) is 3. The van der Waals surface area contributed by atoms with Gasteiger partial charge >= 0.3 is 0 Å². The predicted molar refractivity (Wildman–Crippen MR) is 167 cm³/mol. The number of aromatic nitrogens is 2. The Bertz CT molecular complexity index is 1590. The first-order valence-corrected chi connectivity index (χ1v) is 16.2. The summed E-state index contributed by atoms with van der Waals surface area (Å²) in [6.45, 7) is 8.44. The molecule has 4 aromatic rings. The van der Waals surface area contributed by atoms with E-state index in [1.807, 2.05) is 55.6 Å². The van der Waals surface area contributed by atoms with Crippen LogP contribution < -0.4 is 9.64 Å². The Morgan fingerprint density at radius 3 is 2.49 bits per heavy atom. The molecule has 228 valence electrons. The number of anilines is 1. The van der Waals surface area contributed by atoms with Crippen LogP contribution in [0.1, 0.15) is 38.7 Å². The Balaban J connectivity index is 1.26. The molecule has 5 rings (SSSR count). The monoisotopic (exact) mass is 605 g/mol. The van der Waals surface area contributed by atoms with E-state index in [-0.39, 0.29) is 18.1 Å². The van der Waals surface area contributed by atoms with Gasteiger partial charge in [0.15, 0.2) is 6.29 Å². The summed E-state index contributed by atoms with van der Waals surface area (Å²) < 4.78 is 48.9. The summed E-state index contributed by atoms with van der Waals surface area (Å²) in [6, 6.07) is 20.2. The number of fused-ring (bicyclic) bond motifs is 1. The van der Waals surface area contributed by atoms with Crippen molar-refractivity contribution in [3.8, 4) is 17.0 Å². The summed E-state index contributed by atoms with van der Waals surface area (Å²) in [4.78, 5) is 11.8. The van der Waals surface area contributed by atoms with Gasteiger partial charge in [-0.15, -0.1) is 0 Å². The van der Waals surface area contributed by atoms with Crippen molar-refractivity contribution >= 4 is 26.8 Å². The van der Waals surface area contributed by atoms with E-state index in [1.54, 1.807) is 12.1 Å². The van der Waals surface area contributed by atoms with Crippen LogP contribution in [0.3, 0.4) is 0 Å². The molecule has 2 unspecified atom stereocenters. The number of benzene rings is 2. The summed E-state index contributed by atoms with van der Waals surface area (Å²) in [5, 5.41) is 0.917. The summed E-state index contributed by atoms with van der Waals surface area (Å²) in [5.74, 6) is 1.57. The van der Waals surface area contributed by atoms with E-state index in [0.29, 0.717) is 12.4 Å². The maximum Gasteiger partial charge on any atom is 0.297 e. The molecular weight excluding hydrogens is 566 g/mol. The lowest BCUT2D eigenvalue weighted by molar-refractivity contribution is -0.198. The SMILES string of the molecule is CCN(CC)c1ccc(-c2ccc3cc(OCC(COS(=O)(=O)c4ccc(C)cc4)OC4CCCCO4)ccc3n2)cn1. The highest BCUT2D eigenvalue weighted by Crippen LogP contribution is 2.26. The van der Waals surface area contributed by atoms with Crippen LogP contribution in [-0.2, 0) is 23.8 Å². The van der Waals surface area contributed by atoms with Crippen molar-refractivity contribution in [1.29, 1.82) is 0 Å². The molecule has 0 saturated carbocycles. The lowest BCUT2D eigenvalue weighted by atomic mass is 10.1. The maximum absolute atomic E-state index is 12.8. The van der Waals surface area contributed by atoms with Gasteiger partial charge in [0.05, 0.1) is 22.7 Å². The second kappa shape index (κ2) is 14.3. The van der Waals surface area contributed by atoms with Crippen LogP contribution >= 0.6 is 0 Å². The van der Waals surface area contributed by atoms with E-state index in [4.69, 9.17) is 23.4 Å². The van der Waals surface area contributed by atoms with Gasteiger partial charge in [0.25, 0.3) is 10.1 Å². The fourth-order valence-corrected chi connectivity index (χ4v) is 5.85. The third kappa shape index (κ3) is 8.08. The molecule has 10 heteroatoms. The van der Waals surface area contributed by atoms with Crippen molar-refractivity contribution in [3.63, 3.8) is 0 Å². The molecule has 2 aromatic heterocycles. The van der Waals surface area contributed by atoms with Crippen LogP contribution in [-0.4, -0.2) is 63.7 Å². The first-order valence-electron chi connectivity index (χ1n) is 14.8. The van der Waals surface area contributed by atoms with Crippen molar-refractivity contribution < 1.29 is 26.8 Å². The highest BCUT2D eigenvalue weighted by molar-refractivity contribution is 7.86. The summed E-state index contributed by atoms with van der Waals surface area (Å²) >= 11 is 0. The third-order valence-electron chi connectivity index (χ3n) is 7.43. The van der Waals surface area contributed by atoms with E-state index in [9.17, 15) is 8.42 Å². The van der Waals surface area contributed by atoms with E-state index >= 15 is 0 Å². The zero-order chi connectivity index (χ0) is 30.2. The molecule has 0 amide bonds. The molecule has 43 heavy (non-hydrogen) atoms. The number of rotatable bonds is 13. The number of aryl methyl sites for hydroxylation is 1. The molecule has 2 atom stereocenters. The molecule has 0 N–H and O–H groups in total. The highest BCUT2D eigenvalue weighted by atomic mass is 32.2. The van der Waals surface area contributed by atoms with E-state index in [1.165, 1.54) is 12.1 Å². The van der Waals surface area contributed by atoms with Crippen molar-refractivity contribution in [2.24, 2.45) is 0 Å². The van der Waals surface area contributed by atoms with Gasteiger partial charge in [0.1, 0.15) is 24.3 Å². The number of pyridine rings is 2. The maximum atomic E-state index is 12.8. The van der Waals surface area contributed by atoms with Crippen LogP contribution in [0.4, 0.5) is 5.82 Å². The van der Waals surface area contributed by atoms with Crippen LogP contribution in [0.25, 0.3) is 22.2 Å². The van der Waals surface area contributed by atoms with Crippen LogP contribution in [0.2, 0.25) is 0 Å². The Labute approximate surface area is 253 Å². The van der Waals surface area contributed by atoms with Gasteiger partial charge < -0.3 is 19.1 Å². The molecule has 2 aromatic carbocycles. The van der Waals surface area contributed by atoms with Gasteiger partial charge in [-0.3, -0.25) is 4.18 Å². The molecular formula is C33H39N3O6S. The number of nitrogens with zero attached hydrogens (tertiary/aromatic N) is 3. The van der Waals surface area contributed by atoms with Crippen molar-refractivity contribution in [1.82, 2.24) is 9.97 Å². The average molecular weight is 606 g/mol. The predicted octanol–water partition coefficient (Wildman–Crippen LogP) is 6.15. The molecule has 3 heterocycles. The summed E-state index contributed by atoms with van der Waals surface area (Å²) in [7, 11) is -3.95. The molecule has 0 aliphatic carbocycles. The molecule has 0 spiro atoms. The van der Waals surface area contributed by atoms with Gasteiger partial charge in [-0.1, -0.05) is 23.8 Å². The van der Waals surface area contributed by atoms with Gasteiger partial charge in [-0.25, -0.2) is 9.97 Å². The molecule has 1 aliphatic rings. The van der Waals surface area contributed by atoms with Crippen molar-refractivity contribution in [2.75, 3.05) is 37.8 Å². The van der Waals surface area contributed by atoms with Crippen LogP contribution in [0.5, 0.6) is 5.75 Å². The Kier molecular flexibility index (Phi) is 10.2. The van der Waals surface area contributed by atoms with E-state index in [0.717, 1.165) is 65.9 Å². The lowest BCUT2D eigenvalue weighted by Crippen LogP contribution is -2.35. The molecule has 9 nitrogen and oxygen atoms in total. The molecule has 1 aliphatic heterocycles. The van der Waals surface area contributed by atoms with Gasteiger partial charge in [-0.2, -0.15) is 8.42 Å². The van der Waals surface area contributed by atoms with E-state index < -0.39 is 22.5 Å². The zero-order valence-electron chi connectivity index (χ0n) is 24.9. The van der Waals surface area contributed by atoms with Gasteiger partial charge in [0.2, 0.25) is 0 Å². The van der Waals surface area contributed by atoms with Gasteiger partial charge in [0, 0.05) is 36.8 Å². The topological polar surface area (TPSA) is 100 Å². The summed E-state index contributed by atoms with van der Waals surface area (Å²) in [5.41, 5.74) is 3.58. The van der Waals surface area contributed by atoms with Crippen molar-refractivity contribution in [3.05, 3.63) is 78.5 Å². The Hall–Kier alpha value is -3.57. The smallest absolute Gasteiger partial charge is 0.297 e. The molecule has 1 fully saturated rings. The summed E-state index contributed by atoms with van der Waals surface area (Å²) in [6.07, 6.45) is 3.46. The number of hydrogen-bond acceptors (Lipinski definition) is 9. The normalized spacial score (nSPS) is 16.2. The zero-order valence-corrected chi connectivity index (χ0v) is 25.8. The highest BCUT2D eigenvalue weighted by Gasteiger charge is 2.24. The third-order valence-corrected chi connectivity index (χ3v) is 8.72. The average Bonchev–Trinajstić information content (AvgIpc) is 3.03. The van der Waals surface area contributed by atoms with Crippen LogP contribution in [0, 0.1) is 6.92 Å². The molecule has 1 saturated heterocycles. The Morgan fingerprint density at radius 2 is 1.79 bits per heavy atom. The van der Waals surface area contributed by atoms with Crippen molar-refractivity contribution in [2.45, 2.75) is 57.3 Å². The molecule has 0 bridgehead atoms. The number of hydrogen-bond donors (Lipinski definition) is 0. The second-order valence-corrected chi connectivity index (χ2v) is 12.2. The quantitative estimate of drug-likeness (QED) is 0.166. The minimum Gasteiger partial charge on any atom is -0.491 e. The first kappa shape index (κ1) is 30.9. The molecule has 0 radical (unpaired) electrons. The second-order valence-electron chi connectivity index (χ2n) is 10.5. The fourth-order valence-electron chi connectivity index (χ4n) is 4.91. The van der Waals surface area contributed by atoms with Crippen LogP contribution in [0.15, 0.2) is 77.8 Å². The van der Waals surface area contributed by atoms with Gasteiger partial charge in [-0.05, 0) is 88.6 Å². The largest absolute Gasteiger partial charge is 0.491 e. The Morgan fingerprint density at radius 1 is 0.977 bits per heavy atom. The minimum absolute atomic E-state index is 0.0881. The first-order chi connectivity index (χ1) is 20.8. The standard InChI is InChI=1S/C33H39N3O6S/c1-4-36(5-2)32-18-12-26(21-34-32)31-16-11-25-20-27(13-17-30(25)35-31)40-22-28(42-33-8-6-7-19-39-33)23-41-43(37,38)29-14-9-24(3)10-15-29/h9-18,20-21,28,33H,4-8,19,22-23H2,1-3H3.